The van der Waals surface area contributed by atoms with Crippen LogP contribution >= 0.6 is 0 Å². The van der Waals surface area contributed by atoms with E-state index >= 15 is 0 Å². The first-order valence-corrected chi connectivity index (χ1v) is 11.0. The SMILES string of the molecule is CN=C(NCCCC(=O)N1Cc2ccccc2C1)N1CCN(c2ccccc2F)CC1. The van der Waals surface area contributed by atoms with Crippen molar-refractivity contribution >= 4 is 17.6 Å². The molecule has 0 unspecified atom stereocenters. The van der Waals surface area contributed by atoms with E-state index in [0.717, 1.165) is 51.6 Å². The Morgan fingerprint density at radius 3 is 2.26 bits per heavy atom. The monoisotopic (exact) mass is 423 g/mol. The second kappa shape index (κ2) is 9.81. The van der Waals surface area contributed by atoms with Crippen LogP contribution in [0.2, 0.25) is 0 Å². The third-order valence-electron chi connectivity index (χ3n) is 6.03. The summed E-state index contributed by atoms with van der Waals surface area (Å²) >= 11 is 0. The van der Waals surface area contributed by atoms with Crippen LogP contribution in [0.3, 0.4) is 0 Å². The van der Waals surface area contributed by atoms with Crippen LogP contribution in [0.25, 0.3) is 0 Å². The average molecular weight is 424 g/mol. The highest BCUT2D eigenvalue weighted by Gasteiger charge is 2.23. The Kier molecular flexibility index (Phi) is 6.70. The number of halogens is 1. The molecule has 164 valence electrons. The number of carbonyl (C=O) groups excluding carboxylic acids is 1. The first-order chi connectivity index (χ1) is 15.2. The molecule has 31 heavy (non-hydrogen) atoms. The Labute approximate surface area is 183 Å². The number of nitrogens with one attached hydrogen (secondary N) is 1. The summed E-state index contributed by atoms with van der Waals surface area (Å²) in [5, 5.41) is 3.38. The molecule has 2 aromatic rings. The molecule has 2 aliphatic heterocycles. The van der Waals surface area contributed by atoms with E-state index in [1.165, 1.54) is 17.2 Å². The van der Waals surface area contributed by atoms with Crippen LogP contribution in [0, 0.1) is 5.82 Å². The summed E-state index contributed by atoms with van der Waals surface area (Å²) in [5.74, 6) is 0.866. The Hall–Kier alpha value is -3.09. The summed E-state index contributed by atoms with van der Waals surface area (Å²) in [4.78, 5) is 23.1. The van der Waals surface area contributed by atoms with Crippen molar-refractivity contribution in [1.82, 2.24) is 15.1 Å². The van der Waals surface area contributed by atoms with Gasteiger partial charge in [-0.15, -0.1) is 0 Å². The van der Waals surface area contributed by atoms with Crippen LogP contribution in [-0.2, 0) is 17.9 Å². The fourth-order valence-electron chi connectivity index (χ4n) is 4.31. The molecule has 2 heterocycles. The van der Waals surface area contributed by atoms with Gasteiger partial charge in [0.05, 0.1) is 5.69 Å². The highest BCUT2D eigenvalue weighted by Crippen LogP contribution is 2.23. The zero-order valence-corrected chi connectivity index (χ0v) is 18.1. The fraction of sp³-hybridized carbons (Fsp3) is 0.417. The van der Waals surface area contributed by atoms with Gasteiger partial charge in [-0.1, -0.05) is 36.4 Å². The number of hydrogen-bond acceptors (Lipinski definition) is 3. The molecule has 7 heteroatoms. The van der Waals surface area contributed by atoms with Crippen molar-refractivity contribution in [3.63, 3.8) is 0 Å². The Bertz CT molecular complexity index is 914. The summed E-state index contributed by atoms with van der Waals surface area (Å²) < 4.78 is 14.0. The van der Waals surface area contributed by atoms with E-state index in [9.17, 15) is 9.18 Å². The molecule has 1 N–H and O–H groups in total. The minimum atomic E-state index is -0.177. The van der Waals surface area contributed by atoms with Gasteiger partial charge < -0.3 is 20.0 Å². The minimum absolute atomic E-state index is 0.177. The predicted molar refractivity (Wildman–Crippen MR) is 121 cm³/mol. The third kappa shape index (κ3) is 4.98. The van der Waals surface area contributed by atoms with E-state index in [0.29, 0.717) is 18.7 Å². The van der Waals surface area contributed by atoms with Gasteiger partial charge in [0.1, 0.15) is 5.82 Å². The van der Waals surface area contributed by atoms with Crippen molar-refractivity contribution in [2.75, 3.05) is 44.7 Å². The second-order valence-corrected chi connectivity index (χ2v) is 8.02. The summed E-state index contributed by atoms with van der Waals surface area (Å²) in [5.41, 5.74) is 3.17. The predicted octanol–water partition coefficient (Wildman–Crippen LogP) is 2.85. The van der Waals surface area contributed by atoms with E-state index in [1.807, 2.05) is 29.2 Å². The number of guanidine groups is 1. The van der Waals surface area contributed by atoms with Gasteiger partial charge in [0, 0.05) is 59.3 Å². The molecule has 2 aromatic carbocycles. The van der Waals surface area contributed by atoms with Crippen molar-refractivity contribution < 1.29 is 9.18 Å². The molecule has 0 atom stereocenters. The maximum absolute atomic E-state index is 14.0. The second-order valence-electron chi connectivity index (χ2n) is 8.02. The highest BCUT2D eigenvalue weighted by atomic mass is 19.1. The molecule has 2 aliphatic rings. The summed E-state index contributed by atoms with van der Waals surface area (Å²) in [6.45, 7) is 5.18. The van der Waals surface area contributed by atoms with Gasteiger partial charge in [-0.2, -0.15) is 0 Å². The molecule has 0 aromatic heterocycles. The van der Waals surface area contributed by atoms with Crippen LogP contribution < -0.4 is 10.2 Å². The van der Waals surface area contributed by atoms with E-state index in [-0.39, 0.29) is 11.7 Å². The van der Waals surface area contributed by atoms with Crippen molar-refractivity contribution in [1.29, 1.82) is 0 Å². The van der Waals surface area contributed by atoms with Crippen molar-refractivity contribution in [2.45, 2.75) is 25.9 Å². The van der Waals surface area contributed by atoms with E-state index < -0.39 is 0 Å². The number of fused-ring (bicyclic) bond motifs is 1. The Balaban J connectivity index is 1.18. The summed E-state index contributed by atoms with van der Waals surface area (Å²) in [6, 6.07) is 15.2. The van der Waals surface area contributed by atoms with Gasteiger partial charge >= 0.3 is 0 Å². The van der Waals surface area contributed by atoms with Crippen molar-refractivity contribution in [2.24, 2.45) is 4.99 Å². The summed E-state index contributed by atoms with van der Waals surface area (Å²) in [7, 11) is 1.78. The van der Waals surface area contributed by atoms with Crippen LogP contribution in [0.15, 0.2) is 53.5 Å². The Morgan fingerprint density at radius 2 is 1.61 bits per heavy atom. The van der Waals surface area contributed by atoms with Gasteiger partial charge in [0.15, 0.2) is 5.96 Å². The van der Waals surface area contributed by atoms with E-state index in [1.54, 1.807) is 13.1 Å². The molecule has 4 rings (SSSR count). The van der Waals surface area contributed by atoms with E-state index in [2.05, 4.69) is 32.2 Å². The topological polar surface area (TPSA) is 51.2 Å². The van der Waals surface area contributed by atoms with Crippen molar-refractivity contribution in [3.05, 3.63) is 65.5 Å². The Morgan fingerprint density at radius 1 is 0.968 bits per heavy atom. The molecule has 0 radical (unpaired) electrons. The smallest absolute Gasteiger partial charge is 0.223 e. The van der Waals surface area contributed by atoms with Crippen LogP contribution in [0.5, 0.6) is 0 Å². The molecule has 0 saturated carbocycles. The maximum Gasteiger partial charge on any atom is 0.223 e. The van der Waals surface area contributed by atoms with Crippen LogP contribution in [0.4, 0.5) is 10.1 Å². The number of hydrogen-bond donors (Lipinski definition) is 1. The maximum atomic E-state index is 14.0. The van der Waals surface area contributed by atoms with Gasteiger partial charge in [0.2, 0.25) is 5.91 Å². The molecular formula is C24H30FN5O. The van der Waals surface area contributed by atoms with Crippen molar-refractivity contribution in [3.8, 4) is 0 Å². The number of aliphatic imine (C=N–C) groups is 1. The highest BCUT2D eigenvalue weighted by molar-refractivity contribution is 5.80. The van der Waals surface area contributed by atoms with E-state index in [4.69, 9.17) is 0 Å². The van der Waals surface area contributed by atoms with Gasteiger partial charge in [-0.25, -0.2) is 4.39 Å². The zero-order chi connectivity index (χ0) is 21.6. The molecule has 1 amide bonds. The first-order valence-electron chi connectivity index (χ1n) is 11.0. The molecule has 1 saturated heterocycles. The number of nitrogens with zero attached hydrogens (tertiary/aromatic N) is 4. The average Bonchev–Trinajstić information content (AvgIpc) is 3.24. The molecule has 0 spiro atoms. The van der Waals surface area contributed by atoms with Gasteiger partial charge in [-0.3, -0.25) is 9.79 Å². The number of rotatable bonds is 5. The molecule has 0 bridgehead atoms. The lowest BCUT2D eigenvalue weighted by molar-refractivity contribution is -0.131. The zero-order valence-electron chi connectivity index (χ0n) is 18.1. The standard InChI is InChI=1S/C24H30FN5O/c1-26-24(29-15-13-28(14-16-29)22-10-5-4-9-21(22)25)27-12-6-11-23(31)30-17-19-7-2-3-8-20(19)18-30/h2-5,7-10H,6,11-18H2,1H3,(H,26,27). The molecule has 1 fully saturated rings. The number of benzene rings is 2. The third-order valence-corrected chi connectivity index (χ3v) is 6.03. The molecular weight excluding hydrogens is 393 g/mol. The minimum Gasteiger partial charge on any atom is -0.366 e. The first kappa shape index (κ1) is 21.2. The van der Waals surface area contributed by atoms with Gasteiger partial charge in [0.25, 0.3) is 0 Å². The van der Waals surface area contributed by atoms with Crippen LogP contribution in [0.1, 0.15) is 24.0 Å². The lowest BCUT2D eigenvalue weighted by atomic mass is 10.1. The largest absolute Gasteiger partial charge is 0.366 e. The van der Waals surface area contributed by atoms with Gasteiger partial charge in [-0.05, 0) is 29.7 Å². The quantitative estimate of drug-likeness (QED) is 0.457. The lowest BCUT2D eigenvalue weighted by Gasteiger charge is -2.37. The number of piperazine rings is 1. The number of carbonyl (C=O) groups is 1. The van der Waals surface area contributed by atoms with Crippen LogP contribution in [-0.4, -0.2) is 61.4 Å². The number of para-hydroxylation sites is 1. The fourth-order valence-corrected chi connectivity index (χ4v) is 4.31. The molecule has 0 aliphatic carbocycles. The lowest BCUT2D eigenvalue weighted by Crippen LogP contribution is -2.52. The molecule has 6 nitrogen and oxygen atoms in total. The summed E-state index contributed by atoms with van der Waals surface area (Å²) in [6.07, 6.45) is 1.29. The number of amides is 1. The number of anilines is 1. The normalized spacial score (nSPS) is 16.5.